The lowest BCUT2D eigenvalue weighted by molar-refractivity contribution is -0.114. The molecule has 0 saturated heterocycles. The molecule has 0 aliphatic carbocycles. The van der Waals surface area contributed by atoms with Crippen LogP contribution in [0.4, 0.5) is 11.4 Å². The van der Waals surface area contributed by atoms with Crippen LogP contribution >= 0.6 is 0 Å². The van der Waals surface area contributed by atoms with Gasteiger partial charge in [-0.3, -0.25) is 4.79 Å². The third-order valence-electron chi connectivity index (χ3n) is 2.72. The molecule has 20 heavy (non-hydrogen) atoms. The Balaban J connectivity index is 2.45. The molecule has 0 heterocycles. The third-order valence-corrected chi connectivity index (χ3v) is 2.72. The number of nitrogen functional groups attached to an aromatic ring is 1. The molecular formula is C15H14N2O3. The molecule has 2 aromatic carbocycles. The number of hydrogen-bond donors (Lipinski definition) is 3. The van der Waals surface area contributed by atoms with Crippen molar-refractivity contribution < 1.29 is 14.7 Å². The number of hydrogen-bond acceptors (Lipinski definition) is 3. The smallest absolute Gasteiger partial charge is 0.335 e. The van der Waals surface area contributed by atoms with Crippen molar-refractivity contribution in [1.29, 1.82) is 0 Å². The quantitative estimate of drug-likeness (QED) is 0.747. The van der Waals surface area contributed by atoms with Gasteiger partial charge in [0.2, 0.25) is 5.91 Å². The average molecular weight is 270 g/mol. The third kappa shape index (κ3) is 3.14. The first-order valence-corrected chi connectivity index (χ1v) is 5.97. The fourth-order valence-electron chi connectivity index (χ4n) is 1.92. The second-order valence-electron chi connectivity index (χ2n) is 4.41. The zero-order chi connectivity index (χ0) is 14.7. The van der Waals surface area contributed by atoms with E-state index in [0.29, 0.717) is 16.9 Å². The largest absolute Gasteiger partial charge is 0.478 e. The Morgan fingerprint density at radius 3 is 2.50 bits per heavy atom. The van der Waals surface area contributed by atoms with Crippen molar-refractivity contribution in [3.05, 3.63) is 48.0 Å². The molecule has 0 aromatic heterocycles. The predicted molar refractivity (Wildman–Crippen MR) is 77.6 cm³/mol. The SMILES string of the molecule is CC(=O)Nc1cccc(-c2cc(N)cc(C(=O)O)c2)c1. The van der Waals surface area contributed by atoms with Crippen molar-refractivity contribution in [2.45, 2.75) is 6.92 Å². The molecule has 102 valence electrons. The van der Waals surface area contributed by atoms with Gasteiger partial charge in [-0.1, -0.05) is 12.1 Å². The van der Waals surface area contributed by atoms with E-state index in [4.69, 9.17) is 10.8 Å². The van der Waals surface area contributed by atoms with E-state index in [9.17, 15) is 9.59 Å². The number of nitrogens with two attached hydrogens (primary N) is 1. The molecule has 0 spiro atoms. The molecule has 1 amide bonds. The number of anilines is 2. The summed E-state index contributed by atoms with van der Waals surface area (Å²) >= 11 is 0. The van der Waals surface area contributed by atoms with Gasteiger partial charge in [0.15, 0.2) is 0 Å². The maximum Gasteiger partial charge on any atom is 0.335 e. The number of benzene rings is 2. The number of rotatable bonds is 3. The molecule has 0 atom stereocenters. The molecule has 0 aliphatic rings. The number of aromatic carboxylic acids is 1. The number of carboxylic acid groups (broad SMARTS) is 1. The molecule has 5 nitrogen and oxygen atoms in total. The van der Waals surface area contributed by atoms with Crippen LogP contribution in [-0.4, -0.2) is 17.0 Å². The van der Waals surface area contributed by atoms with E-state index in [1.807, 2.05) is 6.07 Å². The van der Waals surface area contributed by atoms with Crippen LogP contribution in [0.15, 0.2) is 42.5 Å². The predicted octanol–water partition coefficient (Wildman–Crippen LogP) is 2.59. The van der Waals surface area contributed by atoms with Crippen LogP contribution in [0.5, 0.6) is 0 Å². The van der Waals surface area contributed by atoms with Crippen LogP contribution in [0.1, 0.15) is 17.3 Å². The number of carboxylic acids is 1. The van der Waals surface area contributed by atoms with Crippen molar-refractivity contribution in [1.82, 2.24) is 0 Å². The first kappa shape index (κ1) is 13.6. The lowest BCUT2D eigenvalue weighted by Gasteiger charge is -2.08. The summed E-state index contributed by atoms with van der Waals surface area (Å²) in [5.74, 6) is -1.20. The van der Waals surface area contributed by atoms with Gasteiger partial charge in [0.1, 0.15) is 0 Å². The van der Waals surface area contributed by atoms with Gasteiger partial charge in [0.05, 0.1) is 5.56 Å². The summed E-state index contributed by atoms with van der Waals surface area (Å²) in [4.78, 5) is 22.1. The van der Waals surface area contributed by atoms with Crippen LogP contribution < -0.4 is 11.1 Å². The normalized spacial score (nSPS) is 10.1. The number of carbonyl (C=O) groups excluding carboxylic acids is 1. The summed E-state index contributed by atoms with van der Waals surface area (Å²) in [5, 5.41) is 11.7. The van der Waals surface area contributed by atoms with Gasteiger partial charge in [0.25, 0.3) is 0 Å². The lowest BCUT2D eigenvalue weighted by Crippen LogP contribution is -2.05. The minimum absolute atomic E-state index is 0.130. The summed E-state index contributed by atoms with van der Waals surface area (Å²) in [7, 11) is 0. The van der Waals surface area contributed by atoms with Crippen molar-refractivity contribution >= 4 is 23.3 Å². The second kappa shape index (κ2) is 5.44. The maximum atomic E-state index is 11.0. The molecule has 2 rings (SSSR count). The lowest BCUT2D eigenvalue weighted by atomic mass is 10.0. The summed E-state index contributed by atoms with van der Waals surface area (Å²) in [6, 6.07) is 11.8. The Morgan fingerprint density at radius 1 is 1.10 bits per heavy atom. The molecule has 0 unspecified atom stereocenters. The Hall–Kier alpha value is -2.82. The minimum atomic E-state index is -1.03. The highest BCUT2D eigenvalue weighted by molar-refractivity contribution is 5.92. The fourth-order valence-corrected chi connectivity index (χ4v) is 1.92. The average Bonchev–Trinajstić information content (AvgIpc) is 2.37. The molecule has 0 aliphatic heterocycles. The molecule has 5 heteroatoms. The maximum absolute atomic E-state index is 11.0. The molecule has 0 bridgehead atoms. The minimum Gasteiger partial charge on any atom is -0.478 e. The molecule has 0 fully saturated rings. The fraction of sp³-hybridized carbons (Fsp3) is 0.0667. The number of amides is 1. The summed E-state index contributed by atoms with van der Waals surface area (Å²) in [6.07, 6.45) is 0. The molecular weight excluding hydrogens is 256 g/mol. The van der Waals surface area contributed by atoms with Crippen molar-refractivity contribution in [3.8, 4) is 11.1 Å². The van der Waals surface area contributed by atoms with Gasteiger partial charge in [-0.2, -0.15) is 0 Å². The van der Waals surface area contributed by atoms with Gasteiger partial charge in [0, 0.05) is 18.3 Å². The molecule has 0 radical (unpaired) electrons. The Bertz CT molecular complexity index is 681. The second-order valence-corrected chi connectivity index (χ2v) is 4.41. The summed E-state index contributed by atoms with van der Waals surface area (Å²) in [6.45, 7) is 1.43. The van der Waals surface area contributed by atoms with Gasteiger partial charge >= 0.3 is 5.97 Å². The van der Waals surface area contributed by atoms with Crippen molar-refractivity contribution in [2.75, 3.05) is 11.1 Å². The van der Waals surface area contributed by atoms with Crippen LogP contribution in [0, 0.1) is 0 Å². The first-order valence-electron chi connectivity index (χ1n) is 5.97. The van der Waals surface area contributed by atoms with E-state index in [1.165, 1.54) is 13.0 Å². The van der Waals surface area contributed by atoms with Gasteiger partial charge in [-0.25, -0.2) is 4.79 Å². The van der Waals surface area contributed by atoms with Gasteiger partial charge < -0.3 is 16.2 Å². The molecule has 4 N–H and O–H groups in total. The van der Waals surface area contributed by atoms with E-state index in [0.717, 1.165) is 5.56 Å². The highest BCUT2D eigenvalue weighted by Gasteiger charge is 2.08. The van der Waals surface area contributed by atoms with Crippen LogP contribution in [0.2, 0.25) is 0 Å². The number of carbonyl (C=O) groups is 2. The Labute approximate surface area is 116 Å². The summed E-state index contributed by atoms with van der Waals surface area (Å²) < 4.78 is 0. The summed E-state index contributed by atoms with van der Waals surface area (Å²) in [5.41, 5.74) is 8.35. The first-order chi connectivity index (χ1) is 9.45. The van der Waals surface area contributed by atoms with E-state index in [-0.39, 0.29) is 11.5 Å². The molecule has 2 aromatic rings. The standard InChI is InChI=1S/C15H14N2O3/c1-9(18)17-14-4-2-3-10(8-14)11-5-12(15(19)20)7-13(16)6-11/h2-8H,16H2,1H3,(H,17,18)(H,19,20). The topological polar surface area (TPSA) is 92.4 Å². The highest BCUT2D eigenvalue weighted by Crippen LogP contribution is 2.26. The highest BCUT2D eigenvalue weighted by atomic mass is 16.4. The van der Waals surface area contributed by atoms with Crippen LogP contribution in [0.25, 0.3) is 11.1 Å². The van der Waals surface area contributed by atoms with E-state index in [1.54, 1.807) is 30.3 Å². The zero-order valence-corrected chi connectivity index (χ0v) is 10.9. The van der Waals surface area contributed by atoms with E-state index < -0.39 is 5.97 Å². The zero-order valence-electron chi connectivity index (χ0n) is 10.9. The van der Waals surface area contributed by atoms with Crippen LogP contribution in [0.3, 0.4) is 0 Å². The van der Waals surface area contributed by atoms with E-state index in [2.05, 4.69) is 5.32 Å². The van der Waals surface area contributed by atoms with Gasteiger partial charge in [-0.05, 0) is 41.5 Å². The van der Waals surface area contributed by atoms with Crippen molar-refractivity contribution in [3.63, 3.8) is 0 Å². The monoisotopic (exact) mass is 270 g/mol. The molecule has 0 saturated carbocycles. The van der Waals surface area contributed by atoms with Crippen LogP contribution in [-0.2, 0) is 4.79 Å². The van der Waals surface area contributed by atoms with E-state index >= 15 is 0 Å². The Morgan fingerprint density at radius 2 is 1.85 bits per heavy atom. The van der Waals surface area contributed by atoms with Crippen molar-refractivity contribution in [2.24, 2.45) is 0 Å². The van der Waals surface area contributed by atoms with Gasteiger partial charge in [-0.15, -0.1) is 0 Å². The number of nitrogens with one attached hydrogen (secondary N) is 1. The Kier molecular flexibility index (Phi) is 3.70.